The van der Waals surface area contributed by atoms with Gasteiger partial charge in [0.25, 0.3) is 0 Å². The molecule has 18 rings (SSSR count). The van der Waals surface area contributed by atoms with Gasteiger partial charge in [-0.1, -0.05) is 189 Å². The second kappa shape index (κ2) is 44.2. The predicted octanol–water partition coefficient (Wildman–Crippen LogP) is 19.1. The lowest BCUT2D eigenvalue weighted by atomic mass is 9.84. The number of esters is 6. The number of hydrogen-bond acceptors (Lipinski definition) is 24. The number of para-hydroxylation sites is 6. The molecule has 6 heterocycles. The highest BCUT2D eigenvalue weighted by Gasteiger charge is 2.26. The van der Waals surface area contributed by atoms with Crippen molar-refractivity contribution in [3.63, 3.8) is 0 Å². The third-order valence-electron chi connectivity index (χ3n) is 22.8. The molecule has 138 heavy (non-hydrogen) atoms. The second-order valence-electron chi connectivity index (χ2n) is 32.8. The Balaban J connectivity index is 0.713. The number of rotatable bonds is 41. The van der Waals surface area contributed by atoms with Crippen molar-refractivity contribution in [3.8, 4) is 124 Å². The third-order valence-corrected chi connectivity index (χ3v) is 22.8. The van der Waals surface area contributed by atoms with Gasteiger partial charge in [-0.2, -0.15) is 0 Å². The number of benzene rings is 12. The van der Waals surface area contributed by atoms with Gasteiger partial charge in [-0.15, -0.1) is 30.6 Å². The highest BCUT2D eigenvalue weighted by atomic mass is 16.6. The van der Waals surface area contributed by atoms with Gasteiger partial charge in [-0.25, -0.2) is 28.1 Å². The molecule has 0 saturated carbocycles. The van der Waals surface area contributed by atoms with Crippen LogP contribution in [0.1, 0.15) is 111 Å². The number of aromatic nitrogens is 18. The van der Waals surface area contributed by atoms with Crippen LogP contribution in [-0.4, -0.2) is 126 Å². The summed E-state index contributed by atoms with van der Waals surface area (Å²) in [4.78, 5) is 85.4. The predicted molar refractivity (Wildman–Crippen MR) is 513 cm³/mol. The minimum Gasteiger partial charge on any atom is -0.427 e. The quantitative estimate of drug-likeness (QED) is 0.0254. The van der Waals surface area contributed by atoms with Gasteiger partial charge in [-0.3, -0.25) is 28.8 Å². The van der Waals surface area contributed by atoms with Crippen molar-refractivity contribution in [2.75, 3.05) is 0 Å². The Kier molecular flexibility index (Phi) is 29.1. The summed E-state index contributed by atoms with van der Waals surface area (Å²) in [5.41, 5.74) is 14.5. The van der Waals surface area contributed by atoms with Crippen LogP contribution in [0.4, 0.5) is 0 Å². The van der Waals surface area contributed by atoms with Crippen LogP contribution in [0.25, 0.3) is 89.8 Å². The Labute approximate surface area is 793 Å². The number of hydrogen-bond donors (Lipinski definition) is 0. The molecule has 0 unspecified atom stereocenters. The number of aryl methyl sites for hydroxylation is 6. The van der Waals surface area contributed by atoms with E-state index in [4.69, 9.17) is 28.4 Å². The Bertz CT molecular complexity index is 6800. The van der Waals surface area contributed by atoms with Crippen LogP contribution in [0, 0.1) is 0 Å². The molecule has 686 valence electrons. The Morgan fingerprint density at radius 2 is 0.362 bits per heavy atom. The first-order valence-corrected chi connectivity index (χ1v) is 45.6. The van der Waals surface area contributed by atoms with Crippen molar-refractivity contribution in [3.05, 3.63) is 375 Å². The molecule has 0 aliphatic rings. The van der Waals surface area contributed by atoms with Crippen LogP contribution >= 0.6 is 0 Å². The molecule has 30 nitrogen and oxygen atoms in total. The summed E-state index contributed by atoms with van der Waals surface area (Å²) in [6, 6.07) is 92.8. The molecule has 0 atom stereocenters. The molecule has 0 amide bonds. The lowest BCUT2D eigenvalue weighted by molar-refractivity contribution is -0.135. The minimum absolute atomic E-state index is 0.00238. The smallest absolute Gasteiger partial charge is 0.311 e. The Morgan fingerprint density at radius 1 is 0.188 bits per heavy atom. The molecule has 0 N–H and O–H groups in total. The highest BCUT2D eigenvalue weighted by molar-refractivity contribution is 6.00. The molecule has 0 fully saturated rings. The maximum atomic E-state index is 14.5. The van der Waals surface area contributed by atoms with E-state index in [1.807, 2.05) is 268 Å². The average Bonchev–Trinajstić information content (AvgIpc) is 0.855. The molecule has 0 saturated heterocycles. The molecule has 0 aliphatic carbocycles. The summed E-state index contributed by atoms with van der Waals surface area (Å²) in [5, 5.41) is 52.2. The van der Waals surface area contributed by atoms with E-state index in [-0.39, 0.29) is 73.0 Å². The van der Waals surface area contributed by atoms with Crippen molar-refractivity contribution < 1.29 is 57.2 Å². The second-order valence-corrected chi connectivity index (χ2v) is 32.8. The average molecular weight is 1830 g/mol. The Morgan fingerprint density at radius 3 is 0.565 bits per heavy atom. The number of nitrogens with zero attached hydrogens (tertiary/aromatic N) is 18. The largest absolute Gasteiger partial charge is 0.427 e. The van der Waals surface area contributed by atoms with Crippen molar-refractivity contribution in [1.29, 1.82) is 0 Å². The zero-order valence-electron chi connectivity index (χ0n) is 75.0. The molecular weight excluding hydrogens is 1740 g/mol. The summed E-state index contributed by atoms with van der Waals surface area (Å²) in [7, 11) is 0. The molecule has 0 bridgehead atoms. The van der Waals surface area contributed by atoms with Crippen molar-refractivity contribution >= 4 is 35.8 Å². The van der Waals surface area contributed by atoms with Crippen LogP contribution in [-0.2, 0) is 67.3 Å². The fourth-order valence-electron chi connectivity index (χ4n) is 15.9. The molecule has 0 spiro atoms. The number of carbonyl (C=O) groups excluding carboxylic acids is 6. The van der Waals surface area contributed by atoms with Crippen LogP contribution in [0.3, 0.4) is 0 Å². The SMILES string of the molecule is O=C(CCCc1cn(-c2ccccc2)nn1)Oc1ccc(-c2ccc(OC(=O)CCCc3cn(-c4ccccc4)nn3)cc2-c2cc(OC(=O)CCCc3cn(-c4ccccc4)nn3)ccc2-c2ccc(OC(=O)CCCc3cn(-c4ccccc4)nn3)cc2-c2cc(OC(=O)CCCc3cn(-c4ccccc4)nn3)ccc2-c2ccc(OC(=O)CCCc3cn(-c4ccccc4)nn3)cc2)cc1. The molecule has 12 aromatic carbocycles. The molecule has 18 aromatic rings. The fraction of sp³-hybridized carbons (Fsp3) is 0.167. The van der Waals surface area contributed by atoms with E-state index in [2.05, 4.69) is 61.9 Å². The van der Waals surface area contributed by atoms with E-state index < -0.39 is 35.8 Å². The number of ether oxygens (including phenoxy) is 6. The molecular formula is C108H92N18O12. The van der Waals surface area contributed by atoms with E-state index in [0.29, 0.717) is 155 Å². The normalized spacial score (nSPS) is 11.2. The first kappa shape index (κ1) is 90.8. The van der Waals surface area contributed by atoms with Gasteiger partial charge in [0.2, 0.25) is 0 Å². The van der Waals surface area contributed by atoms with Gasteiger partial charge >= 0.3 is 35.8 Å². The summed E-state index contributed by atoms with van der Waals surface area (Å²) >= 11 is 0. The summed E-state index contributed by atoms with van der Waals surface area (Å²) in [5.74, 6) is -1.90. The van der Waals surface area contributed by atoms with E-state index in [1.165, 1.54) is 0 Å². The van der Waals surface area contributed by atoms with Gasteiger partial charge < -0.3 is 28.4 Å². The van der Waals surface area contributed by atoms with Crippen molar-refractivity contribution in [1.82, 2.24) is 90.0 Å². The van der Waals surface area contributed by atoms with Crippen LogP contribution in [0.2, 0.25) is 0 Å². The van der Waals surface area contributed by atoms with Gasteiger partial charge in [-0.05, 0) is 278 Å². The summed E-state index contributed by atoms with van der Waals surface area (Å²) in [6.45, 7) is 0. The zero-order chi connectivity index (χ0) is 94.1. The molecule has 0 aliphatic heterocycles. The van der Waals surface area contributed by atoms with Crippen molar-refractivity contribution in [2.24, 2.45) is 0 Å². The zero-order valence-corrected chi connectivity index (χ0v) is 75.0. The fourth-order valence-corrected chi connectivity index (χ4v) is 15.9. The van der Waals surface area contributed by atoms with E-state index in [1.54, 1.807) is 101 Å². The molecule has 6 aromatic heterocycles. The van der Waals surface area contributed by atoms with E-state index in [9.17, 15) is 28.8 Å². The van der Waals surface area contributed by atoms with Crippen LogP contribution < -0.4 is 28.4 Å². The molecule has 30 heteroatoms. The number of carbonyl (C=O) groups is 6. The van der Waals surface area contributed by atoms with E-state index >= 15 is 0 Å². The Hall–Kier alpha value is -17.7. The monoisotopic (exact) mass is 1830 g/mol. The van der Waals surface area contributed by atoms with Crippen LogP contribution in [0.5, 0.6) is 34.5 Å². The minimum atomic E-state index is -0.547. The molecule has 0 radical (unpaired) electrons. The van der Waals surface area contributed by atoms with Crippen LogP contribution in [0.15, 0.2) is 340 Å². The van der Waals surface area contributed by atoms with E-state index in [0.717, 1.165) is 45.5 Å². The highest BCUT2D eigenvalue weighted by Crippen LogP contribution is 2.48. The lowest BCUT2D eigenvalue weighted by Gasteiger charge is -2.21. The van der Waals surface area contributed by atoms with Crippen molar-refractivity contribution in [2.45, 2.75) is 116 Å². The van der Waals surface area contributed by atoms with Gasteiger partial charge in [0.05, 0.1) is 105 Å². The standard InChI is InChI=1S/C108H92N18O12/c127-103(43-19-25-77-69-121(115-109-77)83-31-7-1-8-32-83)133-89-53-49-75(50-54-89)95-61-57-91(135-105(129)45-21-27-79-71-123(117-111-79)85-35-11-3-12-36-85)65-99(95)101-67-93(137-107(131)47-23-29-81-73-125(119-113-81)87-39-15-5-16-40-87)59-63-97(101)98-64-60-94(138-108(132)48-24-30-82-74-126(120-114-82)88-41-17-6-18-42-88)68-102(98)100-66-92(136-106(130)46-22-28-80-72-124(118-112-80)86-37-13-4-14-38-86)58-62-96(100)76-51-55-90(56-52-76)134-104(128)44-20-26-78-70-122(116-110-78)84-33-9-2-10-34-84/h1-18,31-42,49-74H,19-30,43-48H2. The lowest BCUT2D eigenvalue weighted by Crippen LogP contribution is -2.09. The van der Waals surface area contributed by atoms with Gasteiger partial charge in [0, 0.05) is 38.5 Å². The summed E-state index contributed by atoms with van der Waals surface area (Å²) < 4.78 is 47.6. The first-order valence-electron chi connectivity index (χ1n) is 45.6. The first-order chi connectivity index (χ1) is 67.8. The topological polar surface area (TPSA) is 342 Å². The summed E-state index contributed by atoms with van der Waals surface area (Å²) in [6.07, 6.45) is 16.1. The van der Waals surface area contributed by atoms with Gasteiger partial charge in [0.15, 0.2) is 0 Å². The maximum absolute atomic E-state index is 14.5. The van der Waals surface area contributed by atoms with Gasteiger partial charge in [0.1, 0.15) is 34.5 Å². The third kappa shape index (κ3) is 24.0. The maximum Gasteiger partial charge on any atom is 0.311 e.